The molecule has 0 bridgehead atoms. The van der Waals surface area contributed by atoms with Crippen molar-refractivity contribution in [3.8, 4) is 0 Å². The van der Waals surface area contributed by atoms with E-state index in [9.17, 15) is 14.7 Å². The van der Waals surface area contributed by atoms with Crippen LogP contribution >= 0.6 is 7.60 Å². The van der Waals surface area contributed by atoms with Crippen LogP contribution in [0.4, 0.5) is 0 Å². The summed E-state index contributed by atoms with van der Waals surface area (Å²) in [4.78, 5) is 10.4. The molecule has 0 amide bonds. The first-order valence-corrected chi connectivity index (χ1v) is 7.04. The Morgan fingerprint density at radius 2 is 1.76 bits per heavy atom. The van der Waals surface area contributed by atoms with E-state index >= 15 is 0 Å². The smallest absolute Gasteiger partial charge is 0.306 e. The minimum absolute atomic E-state index is 0.222. The molecule has 0 unspecified atom stereocenters. The highest BCUT2D eigenvalue weighted by Crippen LogP contribution is 2.51. The van der Waals surface area contributed by atoms with Crippen molar-refractivity contribution < 1.29 is 18.5 Å². The van der Waals surface area contributed by atoms with Crippen LogP contribution in [-0.2, 0) is 13.6 Å². The number of nitro groups is 1. The number of nitrogens with zero attached hydrogens (tertiary/aromatic N) is 1. The molecule has 0 saturated heterocycles. The summed E-state index contributed by atoms with van der Waals surface area (Å²) in [7, 11) is -3.38. The molecule has 100 valence electrons. The van der Waals surface area contributed by atoms with Gasteiger partial charge in [0.1, 0.15) is 0 Å². The summed E-state index contributed by atoms with van der Waals surface area (Å²) >= 11 is 0. The lowest BCUT2D eigenvalue weighted by Gasteiger charge is -2.19. The molecule has 0 rings (SSSR count). The average molecular weight is 265 g/mol. The zero-order valence-electron chi connectivity index (χ0n) is 10.9. The minimum Gasteiger partial charge on any atom is -0.306 e. The zero-order chi connectivity index (χ0) is 13.7. The average Bonchev–Trinajstić information content (AvgIpc) is 2.17. The fourth-order valence-electron chi connectivity index (χ4n) is 1.01. The van der Waals surface area contributed by atoms with Gasteiger partial charge in [0, 0.05) is 30.2 Å². The van der Waals surface area contributed by atoms with Crippen LogP contribution in [0.2, 0.25) is 0 Å². The molecule has 0 spiro atoms. The Morgan fingerprint density at radius 1 is 1.35 bits per heavy atom. The first kappa shape index (κ1) is 16.3. The lowest BCUT2D eigenvalue weighted by molar-refractivity contribution is -0.548. The Hall–Kier alpha value is -0.710. The molecule has 0 N–H and O–H groups in total. The van der Waals surface area contributed by atoms with Gasteiger partial charge in [-0.1, -0.05) is 0 Å². The van der Waals surface area contributed by atoms with E-state index in [2.05, 4.69) is 0 Å². The minimum atomic E-state index is -3.38. The van der Waals surface area contributed by atoms with Crippen LogP contribution in [-0.4, -0.2) is 23.7 Å². The lowest BCUT2D eigenvalue weighted by Crippen LogP contribution is -2.32. The molecule has 17 heavy (non-hydrogen) atoms. The molecule has 0 saturated carbocycles. The van der Waals surface area contributed by atoms with Gasteiger partial charge >= 0.3 is 7.60 Å². The Morgan fingerprint density at radius 3 is 2.06 bits per heavy atom. The van der Waals surface area contributed by atoms with Crippen molar-refractivity contribution in [2.75, 3.05) is 13.2 Å². The van der Waals surface area contributed by atoms with Crippen molar-refractivity contribution in [1.82, 2.24) is 0 Å². The largest absolute Gasteiger partial charge is 0.354 e. The van der Waals surface area contributed by atoms with E-state index in [-0.39, 0.29) is 13.2 Å². The van der Waals surface area contributed by atoms with Gasteiger partial charge in [0.25, 0.3) is 0 Å². The maximum absolute atomic E-state index is 12.1. The molecule has 0 aromatic carbocycles. The van der Waals surface area contributed by atoms with Crippen molar-refractivity contribution in [1.29, 1.82) is 0 Å². The second-order valence-electron chi connectivity index (χ2n) is 4.00. The van der Waals surface area contributed by atoms with Crippen LogP contribution in [0.1, 0.15) is 34.6 Å². The topological polar surface area (TPSA) is 78.7 Å². The van der Waals surface area contributed by atoms with E-state index in [1.807, 2.05) is 0 Å². The van der Waals surface area contributed by atoms with Gasteiger partial charge in [-0.15, -0.1) is 0 Å². The van der Waals surface area contributed by atoms with Crippen LogP contribution in [0.5, 0.6) is 0 Å². The SMILES string of the molecule is CCOP(=O)(/C=C(/C)C(C)(C)[N+](=O)[O-])OCC. The second-order valence-corrected chi connectivity index (χ2v) is 5.86. The second kappa shape index (κ2) is 6.28. The van der Waals surface area contributed by atoms with Crippen LogP contribution in [0, 0.1) is 10.1 Å². The van der Waals surface area contributed by atoms with Gasteiger partial charge in [-0.05, 0) is 20.8 Å². The Balaban J connectivity index is 5.20. The van der Waals surface area contributed by atoms with Gasteiger partial charge in [-0.3, -0.25) is 14.7 Å². The van der Waals surface area contributed by atoms with Gasteiger partial charge in [-0.25, -0.2) is 0 Å². The van der Waals surface area contributed by atoms with Crippen LogP contribution in [0.15, 0.2) is 11.4 Å². The highest BCUT2D eigenvalue weighted by Gasteiger charge is 2.35. The quantitative estimate of drug-likeness (QED) is 0.401. The van der Waals surface area contributed by atoms with E-state index in [4.69, 9.17) is 9.05 Å². The summed E-state index contributed by atoms with van der Waals surface area (Å²) in [5, 5.41) is 10.9. The lowest BCUT2D eigenvalue weighted by atomic mass is 9.98. The number of hydrogen-bond acceptors (Lipinski definition) is 5. The summed E-state index contributed by atoms with van der Waals surface area (Å²) < 4.78 is 22.2. The molecule has 0 aromatic heterocycles. The van der Waals surface area contributed by atoms with Gasteiger partial charge in [0.05, 0.1) is 13.2 Å². The molecule has 0 aliphatic rings. The predicted molar refractivity (Wildman–Crippen MR) is 65.7 cm³/mol. The molecule has 0 aliphatic heterocycles. The summed E-state index contributed by atoms with van der Waals surface area (Å²) in [6, 6.07) is 0. The van der Waals surface area contributed by atoms with Crippen LogP contribution in [0.25, 0.3) is 0 Å². The first-order valence-electron chi connectivity index (χ1n) is 5.42. The summed E-state index contributed by atoms with van der Waals surface area (Å²) in [6.07, 6.45) is 0. The third-order valence-corrected chi connectivity index (χ3v) is 4.33. The normalized spacial score (nSPS) is 13.8. The van der Waals surface area contributed by atoms with Gasteiger partial charge in [-0.2, -0.15) is 0 Å². The van der Waals surface area contributed by atoms with Crippen molar-refractivity contribution in [3.05, 3.63) is 21.5 Å². The van der Waals surface area contributed by atoms with Gasteiger partial charge in [0.2, 0.25) is 5.54 Å². The standard InChI is InChI=1S/C10H20NO5P/c1-6-15-17(14,16-7-2)8-9(3)10(4,5)11(12)13/h8H,6-7H2,1-5H3/b9-8-. The third kappa shape index (κ3) is 4.58. The van der Waals surface area contributed by atoms with Gasteiger partial charge < -0.3 is 9.05 Å². The van der Waals surface area contributed by atoms with Crippen molar-refractivity contribution >= 4 is 7.60 Å². The van der Waals surface area contributed by atoms with E-state index < -0.39 is 18.1 Å². The molecule has 0 heterocycles. The molecule has 0 radical (unpaired) electrons. The molecule has 7 heteroatoms. The van der Waals surface area contributed by atoms with E-state index in [0.717, 1.165) is 0 Å². The molecule has 0 atom stereocenters. The van der Waals surface area contributed by atoms with E-state index in [1.54, 1.807) is 20.8 Å². The monoisotopic (exact) mass is 265 g/mol. The van der Waals surface area contributed by atoms with Crippen LogP contribution in [0.3, 0.4) is 0 Å². The third-order valence-electron chi connectivity index (χ3n) is 2.39. The summed E-state index contributed by atoms with van der Waals surface area (Å²) in [5.41, 5.74) is -0.933. The van der Waals surface area contributed by atoms with Gasteiger partial charge in [0.15, 0.2) is 0 Å². The number of hydrogen-bond donors (Lipinski definition) is 0. The Bertz CT molecular complexity index is 341. The summed E-state index contributed by atoms with van der Waals surface area (Å²) in [6.45, 7) is 8.26. The van der Waals surface area contributed by atoms with Crippen molar-refractivity contribution in [3.63, 3.8) is 0 Å². The molecule has 0 aromatic rings. The molecule has 0 fully saturated rings. The Labute approximate surface area is 102 Å². The maximum Gasteiger partial charge on any atom is 0.354 e. The fraction of sp³-hybridized carbons (Fsp3) is 0.800. The highest BCUT2D eigenvalue weighted by atomic mass is 31.2. The first-order chi connectivity index (χ1) is 7.69. The molecular formula is C10H20NO5P. The molecular weight excluding hydrogens is 245 g/mol. The van der Waals surface area contributed by atoms with Crippen molar-refractivity contribution in [2.45, 2.75) is 40.2 Å². The summed E-state index contributed by atoms with van der Waals surface area (Å²) in [5.74, 6) is 1.24. The highest BCUT2D eigenvalue weighted by molar-refractivity contribution is 7.57. The predicted octanol–water partition coefficient (Wildman–Crippen LogP) is 3.21. The fourth-order valence-corrected chi connectivity index (χ4v) is 2.74. The maximum atomic E-state index is 12.1. The van der Waals surface area contributed by atoms with Crippen LogP contribution < -0.4 is 0 Å². The zero-order valence-corrected chi connectivity index (χ0v) is 11.8. The molecule has 6 nitrogen and oxygen atoms in total. The number of rotatable bonds is 7. The van der Waals surface area contributed by atoms with E-state index in [0.29, 0.717) is 5.57 Å². The van der Waals surface area contributed by atoms with Crippen molar-refractivity contribution in [2.24, 2.45) is 0 Å². The molecule has 0 aliphatic carbocycles. The van der Waals surface area contributed by atoms with E-state index in [1.165, 1.54) is 19.7 Å². The Kier molecular flexibility index (Phi) is 6.02.